The van der Waals surface area contributed by atoms with Gasteiger partial charge in [-0.15, -0.1) is 11.3 Å². The number of imide groups is 1. The van der Waals surface area contributed by atoms with Gasteiger partial charge >= 0.3 is 6.03 Å². The molecule has 0 unspecified atom stereocenters. The third-order valence-electron chi connectivity index (χ3n) is 5.07. The molecule has 0 radical (unpaired) electrons. The molecule has 0 saturated carbocycles. The fourth-order valence-electron chi connectivity index (χ4n) is 3.64. The van der Waals surface area contributed by atoms with Gasteiger partial charge < -0.3 is 5.32 Å². The molecule has 1 aromatic heterocycles. The van der Waals surface area contributed by atoms with E-state index in [4.69, 9.17) is 0 Å². The number of hydrazine groups is 1. The molecule has 0 spiro atoms. The molecule has 1 saturated heterocycles. The molecule has 7 heteroatoms. The lowest BCUT2D eigenvalue weighted by Crippen LogP contribution is -2.48. The van der Waals surface area contributed by atoms with E-state index in [1.807, 2.05) is 31.2 Å². The summed E-state index contributed by atoms with van der Waals surface area (Å²) in [7, 11) is 0. The lowest BCUT2D eigenvalue weighted by Gasteiger charge is -2.25. The summed E-state index contributed by atoms with van der Waals surface area (Å²) in [5.41, 5.74) is 3.24. The highest BCUT2D eigenvalue weighted by molar-refractivity contribution is 7.14. The summed E-state index contributed by atoms with van der Waals surface area (Å²) in [6.45, 7) is 1.83. The first-order valence-corrected chi connectivity index (χ1v) is 9.51. The number of hydrogen-bond donors (Lipinski definition) is 2. The molecular weight excluding hydrogens is 350 g/mol. The number of carbonyl (C=O) groups is 3. The molecule has 1 aliphatic carbocycles. The van der Waals surface area contributed by atoms with Gasteiger partial charge in [-0.25, -0.2) is 4.79 Å². The fourth-order valence-corrected chi connectivity index (χ4v) is 4.78. The Morgan fingerprint density at radius 3 is 2.73 bits per heavy atom. The first kappa shape index (κ1) is 16.8. The molecule has 1 atom stereocenters. The molecule has 2 aromatic rings. The van der Waals surface area contributed by atoms with Crippen molar-refractivity contribution in [3.05, 3.63) is 57.3 Å². The van der Waals surface area contributed by atoms with Gasteiger partial charge in [0.05, 0.1) is 4.88 Å². The molecule has 1 aromatic carbocycles. The number of rotatable bonds is 4. The Morgan fingerprint density at radius 1 is 1.27 bits per heavy atom. The minimum Gasteiger partial charge on any atom is -0.318 e. The first-order chi connectivity index (χ1) is 12.5. The Kier molecular flexibility index (Phi) is 4.03. The average molecular weight is 369 g/mol. The van der Waals surface area contributed by atoms with Crippen LogP contribution >= 0.6 is 11.3 Å². The SMILES string of the molecule is CC[C@@]1(c2ccccc2)NC(=O)N(NC(=O)c2cc3c(s2)CCC3)C1=O. The van der Waals surface area contributed by atoms with Crippen LogP contribution in [-0.4, -0.2) is 22.9 Å². The Hall–Kier alpha value is -2.67. The third kappa shape index (κ3) is 2.50. The molecule has 1 fully saturated rings. The number of thiophene rings is 1. The van der Waals surface area contributed by atoms with E-state index in [0.717, 1.165) is 24.3 Å². The quantitative estimate of drug-likeness (QED) is 0.814. The number of amides is 4. The van der Waals surface area contributed by atoms with E-state index in [2.05, 4.69) is 10.7 Å². The number of nitrogens with one attached hydrogen (secondary N) is 2. The number of fused-ring (bicyclic) bond motifs is 1. The summed E-state index contributed by atoms with van der Waals surface area (Å²) in [5, 5.41) is 3.56. The maximum absolute atomic E-state index is 13.0. The van der Waals surface area contributed by atoms with Crippen LogP contribution in [-0.2, 0) is 23.2 Å². The molecule has 134 valence electrons. The fraction of sp³-hybridized carbons (Fsp3) is 0.316. The molecule has 1 aliphatic heterocycles. The van der Waals surface area contributed by atoms with Crippen molar-refractivity contribution < 1.29 is 14.4 Å². The van der Waals surface area contributed by atoms with Crippen molar-refractivity contribution in [3.63, 3.8) is 0 Å². The maximum atomic E-state index is 13.0. The normalized spacial score (nSPS) is 21.7. The molecule has 4 rings (SSSR count). The topological polar surface area (TPSA) is 78.5 Å². The Balaban J connectivity index is 1.58. The van der Waals surface area contributed by atoms with E-state index in [1.165, 1.54) is 21.8 Å². The minimum atomic E-state index is -1.15. The van der Waals surface area contributed by atoms with Crippen molar-refractivity contribution in [3.8, 4) is 0 Å². The zero-order valence-electron chi connectivity index (χ0n) is 14.4. The Morgan fingerprint density at radius 2 is 2.04 bits per heavy atom. The molecule has 6 nitrogen and oxygen atoms in total. The number of nitrogens with zero attached hydrogens (tertiary/aromatic N) is 1. The number of hydrogen-bond acceptors (Lipinski definition) is 4. The van der Waals surface area contributed by atoms with Crippen LogP contribution in [0.15, 0.2) is 36.4 Å². The second-order valence-corrected chi connectivity index (χ2v) is 7.69. The van der Waals surface area contributed by atoms with Gasteiger partial charge in [-0.1, -0.05) is 37.3 Å². The zero-order valence-corrected chi connectivity index (χ0v) is 15.2. The predicted molar refractivity (Wildman–Crippen MR) is 97.6 cm³/mol. The van der Waals surface area contributed by atoms with E-state index in [0.29, 0.717) is 16.9 Å². The van der Waals surface area contributed by atoms with Crippen LogP contribution < -0.4 is 10.7 Å². The Bertz CT molecular complexity index is 871. The molecule has 2 aliphatic rings. The highest BCUT2D eigenvalue weighted by atomic mass is 32.1. The van der Waals surface area contributed by atoms with Gasteiger partial charge in [0, 0.05) is 4.88 Å². The zero-order chi connectivity index (χ0) is 18.3. The van der Waals surface area contributed by atoms with Gasteiger partial charge in [0.25, 0.3) is 11.8 Å². The third-order valence-corrected chi connectivity index (χ3v) is 6.31. The van der Waals surface area contributed by atoms with Gasteiger partial charge in [-0.2, -0.15) is 5.01 Å². The summed E-state index contributed by atoms with van der Waals surface area (Å²) in [5.74, 6) is -0.887. The van der Waals surface area contributed by atoms with Crippen molar-refractivity contribution in [2.24, 2.45) is 0 Å². The summed E-state index contributed by atoms with van der Waals surface area (Å²) < 4.78 is 0. The van der Waals surface area contributed by atoms with Crippen LogP contribution in [0.2, 0.25) is 0 Å². The lowest BCUT2D eigenvalue weighted by atomic mass is 9.87. The van der Waals surface area contributed by atoms with Crippen molar-refractivity contribution in [2.75, 3.05) is 0 Å². The molecule has 4 amide bonds. The van der Waals surface area contributed by atoms with E-state index < -0.39 is 23.4 Å². The molecular formula is C19H19N3O3S. The second kappa shape index (κ2) is 6.25. The summed E-state index contributed by atoms with van der Waals surface area (Å²) in [4.78, 5) is 39.7. The first-order valence-electron chi connectivity index (χ1n) is 8.70. The standard InChI is InChI=1S/C19H19N3O3S/c1-2-19(13-8-4-3-5-9-13)17(24)22(18(25)20-19)21-16(23)15-11-12-7-6-10-14(12)26-15/h3-5,8-9,11H,2,6-7,10H2,1H3,(H,20,25)(H,21,23)/t19-/m0/s1. The van der Waals surface area contributed by atoms with E-state index in [9.17, 15) is 14.4 Å². The molecule has 2 N–H and O–H groups in total. The molecule has 2 heterocycles. The lowest BCUT2D eigenvalue weighted by molar-refractivity contribution is -0.133. The van der Waals surface area contributed by atoms with Crippen molar-refractivity contribution in [1.82, 2.24) is 15.8 Å². The highest BCUT2D eigenvalue weighted by Gasteiger charge is 2.52. The summed E-state index contributed by atoms with van der Waals surface area (Å²) in [6, 6.07) is 10.3. The van der Waals surface area contributed by atoms with Crippen LogP contribution in [0.3, 0.4) is 0 Å². The van der Waals surface area contributed by atoms with E-state index in [-0.39, 0.29) is 0 Å². The number of aryl methyl sites for hydroxylation is 2. The largest absolute Gasteiger partial charge is 0.344 e. The maximum Gasteiger partial charge on any atom is 0.344 e. The van der Waals surface area contributed by atoms with Gasteiger partial charge in [0.15, 0.2) is 0 Å². The summed E-state index contributed by atoms with van der Waals surface area (Å²) in [6.07, 6.45) is 3.48. The predicted octanol–water partition coefficient (Wildman–Crippen LogP) is 2.74. The van der Waals surface area contributed by atoms with Crippen molar-refractivity contribution in [1.29, 1.82) is 0 Å². The van der Waals surface area contributed by atoms with Gasteiger partial charge in [-0.3, -0.25) is 15.0 Å². The number of benzene rings is 1. The van der Waals surface area contributed by atoms with Crippen molar-refractivity contribution in [2.45, 2.75) is 38.1 Å². The van der Waals surface area contributed by atoms with E-state index >= 15 is 0 Å². The second-order valence-electron chi connectivity index (χ2n) is 6.55. The number of carbonyl (C=O) groups excluding carboxylic acids is 3. The minimum absolute atomic E-state index is 0.390. The van der Waals surface area contributed by atoms with Crippen LogP contribution in [0, 0.1) is 0 Å². The van der Waals surface area contributed by atoms with Crippen LogP contribution in [0.5, 0.6) is 0 Å². The van der Waals surface area contributed by atoms with Gasteiger partial charge in [-0.05, 0) is 42.9 Å². The Labute approximate surface area is 155 Å². The van der Waals surface area contributed by atoms with Gasteiger partial charge in [0.1, 0.15) is 5.54 Å². The van der Waals surface area contributed by atoms with E-state index in [1.54, 1.807) is 12.1 Å². The van der Waals surface area contributed by atoms with Crippen molar-refractivity contribution >= 4 is 29.2 Å². The van der Waals surface area contributed by atoms with Crippen LogP contribution in [0.1, 0.15) is 45.4 Å². The molecule has 0 bridgehead atoms. The monoisotopic (exact) mass is 369 g/mol. The highest BCUT2D eigenvalue weighted by Crippen LogP contribution is 2.33. The average Bonchev–Trinajstić information content (AvgIpc) is 3.31. The summed E-state index contributed by atoms with van der Waals surface area (Å²) >= 11 is 1.44. The number of urea groups is 1. The van der Waals surface area contributed by atoms with Crippen LogP contribution in [0.4, 0.5) is 4.79 Å². The van der Waals surface area contributed by atoms with Gasteiger partial charge in [0.2, 0.25) is 0 Å². The smallest absolute Gasteiger partial charge is 0.318 e. The molecule has 26 heavy (non-hydrogen) atoms. The van der Waals surface area contributed by atoms with Crippen LogP contribution in [0.25, 0.3) is 0 Å².